The van der Waals surface area contributed by atoms with Crippen molar-refractivity contribution in [2.75, 3.05) is 25.7 Å². The Morgan fingerprint density at radius 1 is 1.10 bits per heavy atom. The topological polar surface area (TPSA) is 60.3 Å². The van der Waals surface area contributed by atoms with Crippen molar-refractivity contribution < 1.29 is 24.0 Å². The molecule has 0 radical (unpaired) electrons. The van der Waals surface area contributed by atoms with Crippen LogP contribution in [0.3, 0.4) is 0 Å². The number of hydrogen-bond acceptors (Lipinski definition) is 4. The van der Waals surface area contributed by atoms with Gasteiger partial charge in [0.05, 0.1) is 32.9 Å². The summed E-state index contributed by atoms with van der Waals surface area (Å²) in [5, 5.41) is 0.548. The Bertz CT molecular complexity index is 991. The van der Waals surface area contributed by atoms with E-state index in [-0.39, 0.29) is 24.3 Å². The Morgan fingerprint density at radius 2 is 1.79 bits per heavy atom. The number of halogens is 1. The number of carbonyl (C=O) groups is 2. The molecule has 4 rings (SSSR count). The average Bonchev–Trinajstić information content (AvgIpc) is 3.02. The van der Waals surface area contributed by atoms with Gasteiger partial charge in [-0.2, -0.15) is 0 Å². The maximum Gasteiger partial charge on any atom is 0.292 e. The van der Waals surface area contributed by atoms with Gasteiger partial charge in [0.2, 0.25) is 5.91 Å². The molecule has 0 saturated carbocycles. The molecule has 2 amide bonds. The van der Waals surface area contributed by atoms with Crippen LogP contribution in [0.5, 0.6) is 11.5 Å². The third-order valence-corrected chi connectivity index (χ3v) is 6.37. The van der Waals surface area contributed by atoms with Gasteiger partial charge in [0.25, 0.3) is 5.91 Å². The minimum atomic E-state index is -0.387. The normalized spacial score (nSPS) is 21.3. The van der Waals surface area contributed by atoms with Crippen LogP contribution in [0, 0.1) is 6.92 Å². The zero-order valence-corrected chi connectivity index (χ0v) is 17.5. The van der Waals surface area contributed by atoms with Crippen molar-refractivity contribution in [3.63, 3.8) is 0 Å². The first-order valence-electron chi connectivity index (χ1n) is 9.64. The molecule has 2 atom stereocenters. The number of fused-ring (bicyclic) bond motifs is 1. The number of nitrogens with zero attached hydrogens (tertiary/aromatic N) is 1. The highest BCUT2D eigenvalue weighted by Gasteiger charge is 2.47. The van der Waals surface area contributed by atoms with Crippen LogP contribution in [0.15, 0.2) is 30.3 Å². The highest BCUT2D eigenvalue weighted by atomic mass is 35.5. The molecule has 1 unspecified atom stereocenters. The Morgan fingerprint density at radius 3 is 2.48 bits per heavy atom. The minimum absolute atomic E-state index is 0.153. The lowest BCUT2D eigenvalue weighted by molar-refractivity contribution is -0.930. The molecule has 1 fully saturated rings. The summed E-state index contributed by atoms with van der Waals surface area (Å²) in [6.07, 6.45) is 1.03. The van der Waals surface area contributed by atoms with Gasteiger partial charge in [0.1, 0.15) is 6.54 Å². The lowest BCUT2D eigenvalue weighted by Crippen LogP contribution is -3.16. The SMILES string of the molecule is COc1cc2c(cc1OC)C[NH+]([C@@H]1CC(=O)N(c3cccc(Cl)c3C)C1=O)CC2. The molecule has 6 nitrogen and oxygen atoms in total. The van der Waals surface area contributed by atoms with Crippen molar-refractivity contribution in [1.82, 2.24) is 0 Å². The monoisotopic (exact) mass is 415 g/mol. The van der Waals surface area contributed by atoms with Gasteiger partial charge < -0.3 is 14.4 Å². The van der Waals surface area contributed by atoms with Gasteiger partial charge >= 0.3 is 0 Å². The molecule has 0 spiro atoms. The molecule has 152 valence electrons. The molecular formula is C22H24ClN2O4+. The molecule has 2 aliphatic heterocycles. The van der Waals surface area contributed by atoms with E-state index in [9.17, 15) is 9.59 Å². The number of carbonyl (C=O) groups excluding carboxylic acids is 2. The zero-order valence-electron chi connectivity index (χ0n) is 16.8. The largest absolute Gasteiger partial charge is 0.493 e. The van der Waals surface area contributed by atoms with Crippen LogP contribution >= 0.6 is 11.6 Å². The van der Waals surface area contributed by atoms with E-state index in [4.69, 9.17) is 21.1 Å². The lowest BCUT2D eigenvalue weighted by atomic mass is 9.97. The Labute approximate surface area is 174 Å². The van der Waals surface area contributed by atoms with Crippen molar-refractivity contribution in [1.29, 1.82) is 0 Å². The highest BCUT2D eigenvalue weighted by molar-refractivity contribution is 6.32. The highest BCUT2D eigenvalue weighted by Crippen LogP contribution is 2.32. The molecule has 0 bridgehead atoms. The number of anilines is 1. The van der Waals surface area contributed by atoms with Gasteiger partial charge in [-0.05, 0) is 42.3 Å². The number of ether oxygens (including phenoxy) is 2. The summed E-state index contributed by atoms with van der Waals surface area (Å²) in [6.45, 7) is 3.28. The number of benzene rings is 2. The van der Waals surface area contributed by atoms with Gasteiger partial charge in [-0.1, -0.05) is 17.7 Å². The quantitative estimate of drug-likeness (QED) is 0.775. The van der Waals surface area contributed by atoms with Gasteiger partial charge in [0.15, 0.2) is 17.5 Å². The maximum atomic E-state index is 13.2. The molecule has 0 aromatic heterocycles. The van der Waals surface area contributed by atoms with Gasteiger partial charge in [0, 0.05) is 17.0 Å². The first-order valence-corrected chi connectivity index (χ1v) is 10.0. The standard InChI is InChI=1S/C22H23ClN2O4/c1-13-16(23)5-4-6-17(13)25-21(26)11-18(22(25)27)24-8-7-14-9-19(28-2)20(29-3)10-15(14)12-24/h4-6,9-10,18H,7-8,11-12H2,1-3H3/p+1/t18-/m1/s1. The number of hydrogen-bond donors (Lipinski definition) is 1. The summed E-state index contributed by atoms with van der Waals surface area (Å²) in [4.78, 5) is 28.4. The second-order valence-corrected chi connectivity index (χ2v) is 7.93. The van der Waals surface area contributed by atoms with E-state index in [0.29, 0.717) is 28.8 Å². The van der Waals surface area contributed by atoms with Crippen molar-refractivity contribution in [3.8, 4) is 11.5 Å². The van der Waals surface area contributed by atoms with E-state index in [1.165, 1.54) is 10.5 Å². The number of rotatable bonds is 4. The van der Waals surface area contributed by atoms with Crippen molar-refractivity contribution in [2.24, 2.45) is 0 Å². The Kier molecular flexibility index (Phi) is 5.23. The number of amides is 2. The molecule has 0 aliphatic carbocycles. The van der Waals surface area contributed by atoms with Crippen molar-refractivity contribution >= 4 is 29.1 Å². The van der Waals surface area contributed by atoms with E-state index in [1.807, 2.05) is 19.1 Å². The van der Waals surface area contributed by atoms with Crippen LogP contribution in [-0.2, 0) is 22.6 Å². The first kappa shape index (κ1) is 19.7. The smallest absolute Gasteiger partial charge is 0.292 e. The fourth-order valence-electron chi connectivity index (χ4n) is 4.33. The zero-order chi connectivity index (χ0) is 20.7. The molecule has 2 aromatic rings. The van der Waals surface area contributed by atoms with Crippen LogP contribution in [0.1, 0.15) is 23.1 Å². The second-order valence-electron chi connectivity index (χ2n) is 7.52. The summed E-state index contributed by atoms with van der Waals surface area (Å²) in [5.41, 5.74) is 3.65. The molecule has 29 heavy (non-hydrogen) atoms. The molecular weight excluding hydrogens is 392 g/mol. The summed E-state index contributed by atoms with van der Waals surface area (Å²) >= 11 is 6.21. The van der Waals surface area contributed by atoms with E-state index in [1.54, 1.807) is 32.4 Å². The van der Waals surface area contributed by atoms with Crippen LogP contribution < -0.4 is 19.3 Å². The first-order chi connectivity index (χ1) is 13.9. The van der Waals surface area contributed by atoms with Crippen molar-refractivity contribution in [3.05, 3.63) is 52.0 Å². The Hall–Kier alpha value is -2.57. The fraction of sp³-hybridized carbons (Fsp3) is 0.364. The number of methoxy groups -OCH3 is 2. The van der Waals surface area contributed by atoms with Crippen LogP contribution in [0.4, 0.5) is 5.69 Å². The fourth-order valence-corrected chi connectivity index (χ4v) is 4.50. The van der Waals surface area contributed by atoms with Gasteiger partial charge in [-0.25, -0.2) is 4.90 Å². The second kappa shape index (κ2) is 7.69. The number of nitrogens with one attached hydrogen (secondary N) is 1. The molecule has 1 N–H and O–H groups in total. The molecule has 2 aromatic carbocycles. The van der Waals surface area contributed by atoms with Crippen LogP contribution in [-0.4, -0.2) is 38.6 Å². The predicted molar refractivity (Wildman–Crippen MR) is 110 cm³/mol. The summed E-state index contributed by atoms with van der Waals surface area (Å²) in [7, 11) is 3.24. The third-order valence-electron chi connectivity index (χ3n) is 5.96. The number of imide groups is 1. The van der Waals surface area contributed by atoms with Gasteiger partial charge in [-0.15, -0.1) is 0 Å². The van der Waals surface area contributed by atoms with E-state index >= 15 is 0 Å². The summed E-state index contributed by atoms with van der Waals surface area (Å²) in [6, 6.07) is 8.90. The third kappa shape index (κ3) is 3.36. The maximum absolute atomic E-state index is 13.2. The number of quaternary nitrogens is 1. The van der Waals surface area contributed by atoms with E-state index < -0.39 is 0 Å². The summed E-state index contributed by atoms with van der Waals surface area (Å²) in [5.74, 6) is 1.07. The van der Waals surface area contributed by atoms with Crippen molar-refractivity contribution in [2.45, 2.75) is 32.4 Å². The molecule has 2 heterocycles. The lowest BCUT2D eigenvalue weighted by Gasteiger charge is -2.30. The minimum Gasteiger partial charge on any atom is -0.493 e. The Balaban J connectivity index is 1.60. The molecule has 1 saturated heterocycles. The predicted octanol–water partition coefficient (Wildman–Crippen LogP) is 1.94. The van der Waals surface area contributed by atoms with E-state index in [2.05, 4.69) is 0 Å². The van der Waals surface area contributed by atoms with E-state index in [0.717, 1.165) is 29.0 Å². The summed E-state index contributed by atoms with van der Waals surface area (Å²) < 4.78 is 10.8. The van der Waals surface area contributed by atoms with Crippen LogP contribution in [0.2, 0.25) is 5.02 Å². The average molecular weight is 416 g/mol. The van der Waals surface area contributed by atoms with Crippen LogP contribution in [0.25, 0.3) is 0 Å². The molecule has 7 heteroatoms. The van der Waals surface area contributed by atoms with Gasteiger partial charge in [-0.3, -0.25) is 9.59 Å². The molecule has 2 aliphatic rings.